The molecule has 0 saturated carbocycles. The van der Waals surface area contributed by atoms with Crippen molar-refractivity contribution in [2.45, 2.75) is 6.42 Å². The van der Waals surface area contributed by atoms with Crippen molar-refractivity contribution in [3.05, 3.63) is 51.5 Å². The van der Waals surface area contributed by atoms with Gasteiger partial charge in [-0.25, -0.2) is 0 Å². The Labute approximate surface area is 128 Å². The maximum Gasteiger partial charge on any atom is 0.174 e. The molecule has 0 unspecified atom stereocenters. The number of nitriles is 1. The molecule has 0 atom stereocenters. The van der Waals surface area contributed by atoms with Gasteiger partial charge in [0, 0.05) is 15.1 Å². The van der Waals surface area contributed by atoms with E-state index in [-0.39, 0.29) is 6.42 Å². The van der Waals surface area contributed by atoms with Gasteiger partial charge in [-0.05, 0) is 42.0 Å². The zero-order valence-corrected chi connectivity index (χ0v) is 12.6. The van der Waals surface area contributed by atoms with Gasteiger partial charge >= 0.3 is 0 Å². The quantitative estimate of drug-likeness (QED) is 0.657. The number of aromatic nitrogens is 1. The molecule has 0 spiro atoms. The highest BCUT2D eigenvalue weighted by Crippen LogP contribution is 2.33. The van der Waals surface area contributed by atoms with Crippen molar-refractivity contribution in [2.24, 2.45) is 0 Å². The molecule has 3 aromatic rings. The van der Waals surface area contributed by atoms with Crippen LogP contribution in [0.15, 0.2) is 45.4 Å². The van der Waals surface area contributed by atoms with E-state index < -0.39 is 0 Å². The lowest BCUT2D eigenvalue weighted by Gasteiger charge is -2.00. The summed E-state index contributed by atoms with van der Waals surface area (Å²) in [6.07, 6.45) is 0.253. The molecule has 3 nitrogen and oxygen atoms in total. The molecule has 0 aliphatic heterocycles. The van der Waals surface area contributed by atoms with Crippen LogP contribution in [0.25, 0.3) is 22.2 Å². The zero-order chi connectivity index (χ0) is 14.1. The van der Waals surface area contributed by atoms with E-state index in [1.54, 1.807) is 6.07 Å². The molecular formula is C15H8BrClN2O. The Morgan fingerprint density at radius 3 is 2.70 bits per heavy atom. The summed E-state index contributed by atoms with van der Waals surface area (Å²) in [6, 6.07) is 13.4. The highest BCUT2D eigenvalue weighted by Gasteiger charge is 2.14. The predicted octanol–water partition coefficient (Wildman–Crippen LogP) is 4.98. The highest BCUT2D eigenvalue weighted by molar-refractivity contribution is 9.10. The van der Waals surface area contributed by atoms with E-state index in [9.17, 15) is 0 Å². The van der Waals surface area contributed by atoms with Crippen LogP contribution in [-0.2, 0) is 6.42 Å². The third-order valence-electron chi connectivity index (χ3n) is 3.00. The normalized spacial score (nSPS) is 10.7. The Bertz CT molecular complexity index is 818. The monoisotopic (exact) mass is 346 g/mol. The van der Waals surface area contributed by atoms with Crippen molar-refractivity contribution in [3.8, 4) is 17.4 Å². The van der Waals surface area contributed by atoms with Crippen LogP contribution in [0.2, 0.25) is 5.02 Å². The van der Waals surface area contributed by atoms with Gasteiger partial charge in [0.05, 0.1) is 17.9 Å². The molecule has 3 rings (SSSR count). The van der Waals surface area contributed by atoms with E-state index in [1.807, 2.05) is 30.3 Å². The van der Waals surface area contributed by atoms with Gasteiger partial charge in [-0.15, -0.1) is 0 Å². The Morgan fingerprint density at radius 1 is 1.25 bits per heavy atom. The van der Waals surface area contributed by atoms with Gasteiger partial charge in [0.1, 0.15) is 5.52 Å². The first-order chi connectivity index (χ1) is 9.69. The van der Waals surface area contributed by atoms with Gasteiger partial charge in [-0.1, -0.05) is 32.7 Å². The van der Waals surface area contributed by atoms with E-state index in [4.69, 9.17) is 21.4 Å². The summed E-state index contributed by atoms with van der Waals surface area (Å²) in [5.41, 5.74) is 2.39. The third-order valence-corrected chi connectivity index (χ3v) is 3.75. The molecule has 2 aromatic carbocycles. The average molecular weight is 348 g/mol. The fourth-order valence-corrected chi connectivity index (χ4v) is 2.61. The molecule has 0 N–H and O–H groups in total. The SMILES string of the molecule is N#CCc1cc(Cl)cc2c(-c3ccc(Br)cc3)onc12. The number of benzene rings is 2. The molecule has 0 amide bonds. The number of hydrogen-bond acceptors (Lipinski definition) is 3. The molecular weight excluding hydrogens is 340 g/mol. The van der Waals surface area contributed by atoms with Crippen LogP contribution >= 0.6 is 27.5 Å². The zero-order valence-electron chi connectivity index (χ0n) is 10.2. The van der Waals surface area contributed by atoms with Gasteiger partial charge in [0.15, 0.2) is 5.76 Å². The van der Waals surface area contributed by atoms with Crippen LogP contribution in [0, 0.1) is 11.3 Å². The number of hydrogen-bond donors (Lipinski definition) is 0. The first-order valence-electron chi connectivity index (χ1n) is 5.90. The van der Waals surface area contributed by atoms with E-state index in [1.165, 1.54) is 0 Å². The summed E-state index contributed by atoms with van der Waals surface area (Å²) in [5, 5.41) is 14.3. The van der Waals surface area contributed by atoms with Gasteiger partial charge in [-0.2, -0.15) is 5.26 Å². The maximum absolute atomic E-state index is 8.87. The van der Waals surface area contributed by atoms with Gasteiger partial charge in [0.25, 0.3) is 0 Å². The summed E-state index contributed by atoms with van der Waals surface area (Å²) in [4.78, 5) is 0. The fraction of sp³-hybridized carbons (Fsp3) is 0.0667. The molecule has 0 aliphatic rings. The molecule has 5 heteroatoms. The first kappa shape index (κ1) is 13.2. The van der Waals surface area contributed by atoms with Crippen molar-refractivity contribution >= 4 is 38.4 Å². The van der Waals surface area contributed by atoms with Gasteiger partial charge in [-0.3, -0.25) is 0 Å². The molecule has 0 bridgehead atoms. The third kappa shape index (κ3) is 2.31. The summed E-state index contributed by atoms with van der Waals surface area (Å²) in [5.74, 6) is 0.661. The summed E-state index contributed by atoms with van der Waals surface area (Å²) in [7, 11) is 0. The number of nitrogens with zero attached hydrogens (tertiary/aromatic N) is 2. The maximum atomic E-state index is 8.87. The van der Waals surface area contributed by atoms with E-state index in [2.05, 4.69) is 27.2 Å². The Hall–Kier alpha value is -1.83. The summed E-state index contributed by atoms with van der Waals surface area (Å²) in [6.45, 7) is 0. The highest BCUT2D eigenvalue weighted by atomic mass is 79.9. The number of rotatable bonds is 2. The summed E-state index contributed by atoms with van der Waals surface area (Å²) < 4.78 is 6.44. The minimum atomic E-state index is 0.253. The smallest absolute Gasteiger partial charge is 0.174 e. The second kappa shape index (κ2) is 5.28. The number of halogens is 2. The molecule has 20 heavy (non-hydrogen) atoms. The van der Waals surface area contributed by atoms with Crippen LogP contribution in [-0.4, -0.2) is 5.16 Å². The topological polar surface area (TPSA) is 49.8 Å². The van der Waals surface area contributed by atoms with E-state index >= 15 is 0 Å². The molecule has 1 heterocycles. The standard InChI is InChI=1S/C15H8BrClN2O/c16-11-3-1-9(2-4-11)15-13-8-12(17)7-10(5-6-18)14(13)19-20-15/h1-4,7-8H,5H2. The van der Waals surface area contributed by atoms with E-state index in [0.29, 0.717) is 16.3 Å². The Balaban J connectivity index is 2.23. The lowest BCUT2D eigenvalue weighted by atomic mass is 10.0. The lowest BCUT2D eigenvalue weighted by molar-refractivity contribution is 0.440. The molecule has 0 saturated heterocycles. The fourth-order valence-electron chi connectivity index (χ4n) is 2.11. The summed E-state index contributed by atoms with van der Waals surface area (Å²) >= 11 is 9.51. The Kier molecular flexibility index (Phi) is 3.47. The molecule has 0 fully saturated rings. The predicted molar refractivity (Wildman–Crippen MR) is 81.5 cm³/mol. The van der Waals surface area contributed by atoms with Crippen molar-refractivity contribution in [1.82, 2.24) is 5.16 Å². The van der Waals surface area contributed by atoms with E-state index in [0.717, 1.165) is 21.0 Å². The minimum absolute atomic E-state index is 0.253. The van der Waals surface area contributed by atoms with Gasteiger partial charge in [0.2, 0.25) is 0 Å². The second-order valence-electron chi connectivity index (χ2n) is 4.31. The molecule has 0 radical (unpaired) electrons. The lowest BCUT2D eigenvalue weighted by Crippen LogP contribution is -1.84. The second-order valence-corrected chi connectivity index (χ2v) is 5.67. The Morgan fingerprint density at radius 2 is 2.00 bits per heavy atom. The average Bonchev–Trinajstić information content (AvgIpc) is 2.84. The minimum Gasteiger partial charge on any atom is -0.355 e. The van der Waals surface area contributed by atoms with Crippen molar-refractivity contribution in [2.75, 3.05) is 0 Å². The molecule has 98 valence electrons. The van der Waals surface area contributed by atoms with Crippen LogP contribution in [0.3, 0.4) is 0 Å². The van der Waals surface area contributed by atoms with Crippen LogP contribution < -0.4 is 0 Å². The van der Waals surface area contributed by atoms with Crippen molar-refractivity contribution in [3.63, 3.8) is 0 Å². The van der Waals surface area contributed by atoms with Crippen LogP contribution in [0.5, 0.6) is 0 Å². The number of fused-ring (bicyclic) bond motifs is 1. The van der Waals surface area contributed by atoms with Crippen LogP contribution in [0.4, 0.5) is 0 Å². The van der Waals surface area contributed by atoms with Crippen molar-refractivity contribution < 1.29 is 4.52 Å². The molecule has 1 aromatic heterocycles. The molecule has 0 aliphatic carbocycles. The van der Waals surface area contributed by atoms with Gasteiger partial charge < -0.3 is 4.52 Å². The first-order valence-corrected chi connectivity index (χ1v) is 7.07. The van der Waals surface area contributed by atoms with Crippen molar-refractivity contribution in [1.29, 1.82) is 5.26 Å². The largest absolute Gasteiger partial charge is 0.355 e. The van der Waals surface area contributed by atoms with Crippen LogP contribution in [0.1, 0.15) is 5.56 Å².